The van der Waals surface area contributed by atoms with E-state index in [9.17, 15) is 0 Å². The van der Waals surface area contributed by atoms with Crippen molar-refractivity contribution >= 4 is 29.6 Å². The van der Waals surface area contributed by atoms with Crippen molar-refractivity contribution in [3.05, 3.63) is 0 Å². The maximum Gasteiger partial charge on any atom is 0.253 e. The predicted molar refractivity (Wildman–Crippen MR) is 33.9 cm³/mol. The Labute approximate surface area is 53.9 Å². The van der Waals surface area contributed by atoms with Gasteiger partial charge < -0.3 is 0 Å². The molecule has 0 saturated heterocycles. The molecule has 0 aromatic carbocycles. The molecule has 0 bridgehead atoms. The van der Waals surface area contributed by atoms with E-state index in [0.29, 0.717) is 0 Å². The summed E-state index contributed by atoms with van der Waals surface area (Å²) < 4.78 is 0. The van der Waals surface area contributed by atoms with Crippen LogP contribution in [0.15, 0.2) is 0 Å². The van der Waals surface area contributed by atoms with Crippen LogP contribution >= 0.6 is 22.2 Å². The van der Waals surface area contributed by atoms with E-state index in [0.717, 1.165) is 0 Å². The SMILES string of the molecule is CC(C#N)[SiH](Cl)Cl. The molecule has 0 aromatic heterocycles. The molecular formula is C3H5Cl2NSi. The van der Waals surface area contributed by atoms with Gasteiger partial charge in [0.25, 0.3) is 7.42 Å². The summed E-state index contributed by atoms with van der Waals surface area (Å²) in [6.45, 7) is 1.73. The quantitative estimate of drug-likeness (QED) is 0.415. The number of nitrogens with zero attached hydrogens (tertiary/aromatic N) is 1. The first-order chi connectivity index (χ1) is 3.18. The second-order valence-electron chi connectivity index (χ2n) is 1.25. The largest absolute Gasteiger partial charge is 0.253 e. The molecule has 0 rings (SSSR count). The maximum atomic E-state index is 8.12. The summed E-state index contributed by atoms with van der Waals surface area (Å²) in [6, 6.07) is 1.96. The smallest absolute Gasteiger partial charge is 0.198 e. The Morgan fingerprint density at radius 2 is 2.14 bits per heavy atom. The molecule has 0 radical (unpaired) electrons. The minimum atomic E-state index is -1.68. The Balaban J connectivity index is 3.40. The van der Waals surface area contributed by atoms with E-state index < -0.39 is 7.42 Å². The second-order valence-corrected chi connectivity index (χ2v) is 6.41. The van der Waals surface area contributed by atoms with Gasteiger partial charge in [0, 0.05) is 0 Å². The molecule has 40 valence electrons. The monoisotopic (exact) mass is 153 g/mol. The van der Waals surface area contributed by atoms with Gasteiger partial charge in [-0.1, -0.05) is 0 Å². The molecule has 1 atom stereocenters. The Morgan fingerprint density at radius 3 is 2.14 bits per heavy atom. The van der Waals surface area contributed by atoms with Gasteiger partial charge in [-0.25, -0.2) is 0 Å². The van der Waals surface area contributed by atoms with Gasteiger partial charge in [0.2, 0.25) is 0 Å². The lowest BCUT2D eigenvalue weighted by Gasteiger charge is -1.94. The lowest BCUT2D eigenvalue weighted by atomic mass is 10.5. The molecule has 0 saturated carbocycles. The van der Waals surface area contributed by atoms with Crippen molar-refractivity contribution in [1.29, 1.82) is 5.26 Å². The third-order valence-electron chi connectivity index (χ3n) is 0.582. The second kappa shape index (κ2) is 3.31. The van der Waals surface area contributed by atoms with Gasteiger partial charge in [-0.15, -0.1) is 22.2 Å². The molecule has 0 aromatic rings. The van der Waals surface area contributed by atoms with Gasteiger partial charge >= 0.3 is 0 Å². The molecule has 0 aliphatic carbocycles. The van der Waals surface area contributed by atoms with Crippen molar-refractivity contribution in [2.45, 2.75) is 12.5 Å². The highest BCUT2D eigenvalue weighted by Gasteiger charge is 2.10. The average Bonchev–Trinajstić information content (AvgIpc) is 1.65. The molecule has 1 unspecified atom stereocenters. The fourth-order valence-electron chi connectivity index (χ4n) is 0.0563. The van der Waals surface area contributed by atoms with Crippen LogP contribution in [-0.2, 0) is 0 Å². The van der Waals surface area contributed by atoms with Crippen molar-refractivity contribution in [3.8, 4) is 6.07 Å². The van der Waals surface area contributed by atoms with Crippen molar-refractivity contribution < 1.29 is 0 Å². The van der Waals surface area contributed by atoms with Crippen LogP contribution < -0.4 is 0 Å². The lowest BCUT2D eigenvalue weighted by Crippen LogP contribution is -1.98. The van der Waals surface area contributed by atoms with E-state index >= 15 is 0 Å². The van der Waals surface area contributed by atoms with Crippen LogP contribution in [-0.4, -0.2) is 7.42 Å². The minimum Gasteiger partial charge on any atom is -0.198 e. The molecule has 0 aliphatic rings. The maximum absolute atomic E-state index is 8.12. The Hall–Kier alpha value is 0.287. The summed E-state index contributed by atoms with van der Waals surface area (Å²) in [5.41, 5.74) is -0.122. The Kier molecular flexibility index (Phi) is 3.45. The molecule has 0 heterocycles. The highest BCUT2D eigenvalue weighted by atomic mass is 35.7. The minimum absolute atomic E-state index is 0.122. The molecule has 0 spiro atoms. The third kappa shape index (κ3) is 2.92. The molecule has 1 nitrogen and oxygen atoms in total. The Bertz CT molecular complexity index is 87.4. The fraction of sp³-hybridized carbons (Fsp3) is 0.667. The summed E-state index contributed by atoms with van der Waals surface area (Å²) in [6.07, 6.45) is 0. The normalized spacial score (nSPS) is 13.6. The first-order valence-corrected chi connectivity index (χ1v) is 6.02. The van der Waals surface area contributed by atoms with E-state index in [-0.39, 0.29) is 5.54 Å². The van der Waals surface area contributed by atoms with Gasteiger partial charge in [0.1, 0.15) is 0 Å². The number of hydrogen-bond donors (Lipinski definition) is 0. The van der Waals surface area contributed by atoms with Crippen molar-refractivity contribution in [2.75, 3.05) is 0 Å². The van der Waals surface area contributed by atoms with Crippen LogP contribution in [0.3, 0.4) is 0 Å². The standard InChI is InChI=1S/C3H5Cl2NSi/c1-3(2-6)7(4)5/h3,7H,1H3. The van der Waals surface area contributed by atoms with E-state index in [1.54, 1.807) is 6.92 Å². The van der Waals surface area contributed by atoms with Gasteiger partial charge in [-0.05, 0) is 6.92 Å². The van der Waals surface area contributed by atoms with Crippen LogP contribution in [0, 0.1) is 11.3 Å². The van der Waals surface area contributed by atoms with Crippen LogP contribution in [0.4, 0.5) is 0 Å². The van der Waals surface area contributed by atoms with Crippen LogP contribution in [0.1, 0.15) is 6.92 Å². The zero-order valence-corrected chi connectivity index (χ0v) is 6.52. The summed E-state index contributed by atoms with van der Waals surface area (Å²) in [4.78, 5) is 0. The molecule has 0 amide bonds. The summed E-state index contributed by atoms with van der Waals surface area (Å²) in [7, 11) is -1.68. The van der Waals surface area contributed by atoms with Crippen LogP contribution in [0.2, 0.25) is 5.54 Å². The zero-order valence-electron chi connectivity index (χ0n) is 3.86. The molecule has 0 aliphatic heterocycles. The topological polar surface area (TPSA) is 23.8 Å². The highest BCUT2D eigenvalue weighted by Crippen LogP contribution is 2.13. The predicted octanol–water partition coefficient (Wildman–Crippen LogP) is 1.60. The molecular weight excluding hydrogens is 149 g/mol. The summed E-state index contributed by atoms with van der Waals surface area (Å²) in [5, 5.41) is 8.12. The van der Waals surface area contributed by atoms with Crippen LogP contribution in [0.5, 0.6) is 0 Å². The van der Waals surface area contributed by atoms with Crippen molar-refractivity contribution in [2.24, 2.45) is 0 Å². The van der Waals surface area contributed by atoms with E-state index in [1.807, 2.05) is 6.07 Å². The van der Waals surface area contributed by atoms with Gasteiger partial charge in [-0.2, -0.15) is 5.26 Å². The van der Waals surface area contributed by atoms with Gasteiger partial charge in [0.05, 0.1) is 11.6 Å². The number of nitriles is 1. The Morgan fingerprint density at radius 1 is 1.71 bits per heavy atom. The van der Waals surface area contributed by atoms with Gasteiger partial charge in [0.15, 0.2) is 0 Å². The summed E-state index contributed by atoms with van der Waals surface area (Å²) in [5.74, 6) is 0. The van der Waals surface area contributed by atoms with E-state index in [4.69, 9.17) is 27.4 Å². The number of rotatable bonds is 1. The summed E-state index contributed by atoms with van der Waals surface area (Å²) >= 11 is 10.8. The first kappa shape index (κ1) is 7.29. The van der Waals surface area contributed by atoms with Crippen molar-refractivity contribution in [3.63, 3.8) is 0 Å². The fourth-order valence-corrected chi connectivity index (χ4v) is 0.507. The lowest BCUT2D eigenvalue weighted by molar-refractivity contribution is 1.20. The number of hydrogen-bond acceptors (Lipinski definition) is 1. The van der Waals surface area contributed by atoms with E-state index in [2.05, 4.69) is 0 Å². The third-order valence-corrected chi connectivity index (χ3v) is 3.75. The molecule has 0 N–H and O–H groups in total. The average molecular weight is 154 g/mol. The highest BCUT2D eigenvalue weighted by molar-refractivity contribution is 7.34. The van der Waals surface area contributed by atoms with Crippen molar-refractivity contribution in [1.82, 2.24) is 0 Å². The van der Waals surface area contributed by atoms with Gasteiger partial charge in [-0.3, -0.25) is 0 Å². The van der Waals surface area contributed by atoms with Crippen LogP contribution in [0.25, 0.3) is 0 Å². The molecule has 7 heavy (non-hydrogen) atoms. The molecule has 4 heteroatoms. The zero-order chi connectivity index (χ0) is 5.86. The van der Waals surface area contributed by atoms with E-state index in [1.165, 1.54) is 0 Å². The first-order valence-electron chi connectivity index (χ1n) is 1.86. The molecule has 0 fully saturated rings. The number of halogens is 2.